The summed E-state index contributed by atoms with van der Waals surface area (Å²) >= 11 is 0. The minimum absolute atomic E-state index is 0.0722. The first-order chi connectivity index (χ1) is 17.0. The van der Waals surface area contributed by atoms with Crippen LogP contribution in [0.15, 0.2) is 12.1 Å². The number of fused-ring (bicyclic) bond motifs is 2. The Morgan fingerprint density at radius 1 is 1.17 bits per heavy atom. The van der Waals surface area contributed by atoms with Crippen LogP contribution < -0.4 is 21.3 Å². The van der Waals surface area contributed by atoms with Gasteiger partial charge in [0.25, 0.3) is 0 Å². The number of anilines is 4. The van der Waals surface area contributed by atoms with Crippen molar-refractivity contribution in [2.24, 2.45) is 11.7 Å². The van der Waals surface area contributed by atoms with Gasteiger partial charge in [-0.25, -0.2) is 0 Å². The fourth-order valence-electron chi connectivity index (χ4n) is 5.85. The number of amides is 1. The number of carbonyl (C=O) groups excluding carboxylic acids is 1. The third-order valence-corrected chi connectivity index (χ3v) is 7.60. The van der Waals surface area contributed by atoms with Gasteiger partial charge in [-0.3, -0.25) is 14.8 Å². The van der Waals surface area contributed by atoms with E-state index in [1.54, 1.807) is 0 Å². The van der Waals surface area contributed by atoms with Gasteiger partial charge in [-0.05, 0) is 45.4 Å². The Kier molecular flexibility index (Phi) is 6.72. The summed E-state index contributed by atoms with van der Waals surface area (Å²) in [5.41, 5.74) is 6.49. The number of aromatic amines is 1. The molecule has 0 radical (unpaired) electrons. The Morgan fingerprint density at radius 2 is 1.91 bits per heavy atom. The van der Waals surface area contributed by atoms with Crippen molar-refractivity contribution in [3.05, 3.63) is 17.8 Å². The van der Waals surface area contributed by atoms with Crippen molar-refractivity contribution in [3.8, 4) is 6.07 Å². The average Bonchev–Trinajstić information content (AvgIpc) is 3.35. The zero-order valence-electron chi connectivity index (χ0n) is 20.2. The molecule has 5 N–H and O–H groups in total. The van der Waals surface area contributed by atoms with Crippen LogP contribution >= 0.6 is 0 Å². The molecule has 11 heteroatoms. The number of H-pyrrole nitrogens is 1. The van der Waals surface area contributed by atoms with Crippen molar-refractivity contribution in [1.82, 2.24) is 25.1 Å². The highest BCUT2D eigenvalue weighted by molar-refractivity contribution is 5.77. The molecule has 2 aromatic heterocycles. The minimum atomic E-state index is -0.221. The fraction of sp³-hybridized carbons (Fsp3) is 0.625. The zero-order valence-corrected chi connectivity index (χ0v) is 20.2. The lowest BCUT2D eigenvalue weighted by Crippen LogP contribution is -2.47. The topological polar surface area (TPSA) is 152 Å². The number of rotatable bonds is 8. The van der Waals surface area contributed by atoms with Gasteiger partial charge in [-0.1, -0.05) is 0 Å². The Morgan fingerprint density at radius 3 is 2.54 bits per heavy atom. The van der Waals surface area contributed by atoms with Gasteiger partial charge >= 0.3 is 0 Å². The second-order valence-corrected chi connectivity index (χ2v) is 10.0. The smallest absolute Gasteiger partial charge is 0.226 e. The number of nitrogens with zero attached hydrogens (tertiary/aromatic N) is 6. The van der Waals surface area contributed by atoms with Crippen molar-refractivity contribution in [1.29, 1.82) is 5.26 Å². The molecule has 3 aliphatic heterocycles. The number of aryl methyl sites for hydroxylation is 1. The third-order valence-electron chi connectivity index (χ3n) is 7.60. The maximum atomic E-state index is 11.6. The molecule has 5 heterocycles. The Balaban J connectivity index is 1.33. The number of hydrogen-bond acceptors (Lipinski definition) is 9. The average molecular weight is 479 g/mol. The molecule has 2 aromatic rings. The van der Waals surface area contributed by atoms with Crippen molar-refractivity contribution in [3.63, 3.8) is 0 Å². The molecule has 0 spiro atoms. The summed E-state index contributed by atoms with van der Waals surface area (Å²) in [6, 6.07) is 7.48. The van der Waals surface area contributed by atoms with Crippen LogP contribution in [0.3, 0.4) is 0 Å². The number of nitrogens with two attached hydrogens (primary N) is 1. The second kappa shape index (κ2) is 10.1. The molecule has 0 saturated carbocycles. The molecule has 2 bridgehead atoms. The predicted molar refractivity (Wildman–Crippen MR) is 133 cm³/mol. The van der Waals surface area contributed by atoms with E-state index in [1.807, 2.05) is 19.1 Å². The van der Waals surface area contributed by atoms with E-state index in [-0.39, 0.29) is 11.8 Å². The molecule has 3 aliphatic rings. The first kappa shape index (κ1) is 23.4. The van der Waals surface area contributed by atoms with Gasteiger partial charge in [-0.2, -0.15) is 20.3 Å². The van der Waals surface area contributed by atoms with E-state index in [0.29, 0.717) is 42.1 Å². The normalized spacial score (nSPS) is 24.8. The molecule has 5 rings (SSSR count). The molecule has 3 saturated heterocycles. The minimum Gasteiger partial charge on any atom is -0.369 e. The molecule has 1 amide bonds. The lowest BCUT2D eigenvalue weighted by Gasteiger charge is -2.39. The molecule has 3 atom stereocenters. The van der Waals surface area contributed by atoms with E-state index in [9.17, 15) is 4.79 Å². The van der Waals surface area contributed by atoms with Gasteiger partial charge in [-0.15, -0.1) is 0 Å². The van der Waals surface area contributed by atoms with Crippen LogP contribution in [0.25, 0.3) is 0 Å². The zero-order chi connectivity index (χ0) is 24.4. The van der Waals surface area contributed by atoms with E-state index in [4.69, 9.17) is 21.0 Å². The van der Waals surface area contributed by atoms with Crippen LogP contribution in [0.2, 0.25) is 0 Å². The molecule has 35 heavy (non-hydrogen) atoms. The van der Waals surface area contributed by atoms with Crippen molar-refractivity contribution < 1.29 is 4.79 Å². The van der Waals surface area contributed by atoms with Crippen LogP contribution in [-0.2, 0) is 4.79 Å². The quantitative estimate of drug-likeness (QED) is 0.448. The summed E-state index contributed by atoms with van der Waals surface area (Å²) in [5.74, 6) is 2.52. The van der Waals surface area contributed by atoms with E-state index in [2.05, 4.69) is 36.7 Å². The molecule has 0 aliphatic carbocycles. The molecule has 0 aromatic carbocycles. The van der Waals surface area contributed by atoms with Crippen molar-refractivity contribution in [2.45, 2.75) is 70.0 Å². The van der Waals surface area contributed by atoms with Gasteiger partial charge in [0.2, 0.25) is 11.9 Å². The highest BCUT2D eigenvalue weighted by Gasteiger charge is 2.40. The highest BCUT2D eigenvalue weighted by Crippen LogP contribution is 2.37. The maximum absolute atomic E-state index is 11.6. The monoisotopic (exact) mass is 478 g/mol. The summed E-state index contributed by atoms with van der Waals surface area (Å²) in [7, 11) is 0. The third kappa shape index (κ3) is 5.32. The summed E-state index contributed by atoms with van der Waals surface area (Å²) < 4.78 is 0. The highest BCUT2D eigenvalue weighted by atomic mass is 16.1. The Hall–Kier alpha value is -3.39. The molecular weight excluding hydrogens is 444 g/mol. The van der Waals surface area contributed by atoms with Gasteiger partial charge in [0.1, 0.15) is 11.6 Å². The number of nitriles is 1. The first-order valence-corrected chi connectivity index (χ1v) is 12.6. The van der Waals surface area contributed by atoms with Crippen LogP contribution in [0.5, 0.6) is 0 Å². The standard InChI is InChI=1S/C24H34N10O/c1-15-11-21(32-31-15)28-20-14-22(33-9-5-16(6-10-33)23(26)35)30-24(29-20)27-17-12-18-3-4-19(13-17)34(18)8-2-7-25/h11,14,16-19H,2-6,8-10,12-13H2,1H3,(H2,26,35)(H3,27,28,29,30,31,32)/t17?,18-,19+. The van der Waals surface area contributed by atoms with Gasteiger partial charge in [0.05, 0.1) is 6.07 Å². The summed E-state index contributed by atoms with van der Waals surface area (Å²) in [6.07, 6.45) is 6.48. The van der Waals surface area contributed by atoms with Gasteiger partial charge in [0, 0.05) is 67.9 Å². The number of primary amides is 1. The van der Waals surface area contributed by atoms with Crippen molar-refractivity contribution in [2.75, 3.05) is 35.2 Å². The lowest BCUT2D eigenvalue weighted by atomic mass is 9.96. The lowest BCUT2D eigenvalue weighted by molar-refractivity contribution is -0.122. The maximum Gasteiger partial charge on any atom is 0.226 e. The summed E-state index contributed by atoms with van der Waals surface area (Å²) in [5, 5.41) is 23.1. The van der Waals surface area contributed by atoms with E-state index in [0.717, 1.165) is 56.8 Å². The van der Waals surface area contributed by atoms with Crippen LogP contribution in [0.4, 0.5) is 23.4 Å². The molecule has 186 valence electrons. The number of carbonyl (C=O) groups is 1. The first-order valence-electron chi connectivity index (χ1n) is 12.6. The van der Waals surface area contributed by atoms with Gasteiger partial charge < -0.3 is 21.3 Å². The SMILES string of the molecule is Cc1cc(Nc2cc(N3CCC(C(N)=O)CC3)nc(NC3C[C@H]4CC[C@@H](C3)N4CCC#N)n2)n[nH]1. The number of aromatic nitrogens is 4. The Labute approximate surface area is 205 Å². The van der Waals surface area contributed by atoms with E-state index < -0.39 is 0 Å². The van der Waals surface area contributed by atoms with E-state index in [1.165, 1.54) is 12.8 Å². The fourth-order valence-corrected chi connectivity index (χ4v) is 5.85. The molecular formula is C24H34N10O. The van der Waals surface area contributed by atoms with Crippen LogP contribution in [0.1, 0.15) is 50.6 Å². The second-order valence-electron chi connectivity index (χ2n) is 10.0. The largest absolute Gasteiger partial charge is 0.369 e. The molecule has 1 unspecified atom stereocenters. The van der Waals surface area contributed by atoms with Crippen LogP contribution in [0, 0.1) is 24.2 Å². The van der Waals surface area contributed by atoms with Gasteiger partial charge in [0.15, 0.2) is 5.82 Å². The number of piperidine rings is 2. The number of hydrogen-bond donors (Lipinski definition) is 4. The van der Waals surface area contributed by atoms with Crippen molar-refractivity contribution >= 4 is 29.3 Å². The predicted octanol–water partition coefficient (Wildman–Crippen LogP) is 2.27. The summed E-state index contributed by atoms with van der Waals surface area (Å²) in [4.78, 5) is 26.0. The van der Waals surface area contributed by atoms with Crippen LogP contribution in [-0.4, -0.2) is 68.7 Å². The molecule has 11 nitrogen and oxygen atoms in total. The molecule has 3 fully saturated rings. The number of nitrogens with one attached hydrogen (secondary N) is 3. The Bertz CT molecular complexity index is 1070. The van der Waals surface area contributed by atoms with E-state index >= 15 is 0 Å². The summed E-state index contributed by atoms with van der Waals surface area (Å²) in [6.45, 7) is 4.28.